The molecule has 0 aromatic carbocycles. The highest BCUT2D eigenvalue weighted by molar-refractivity contribution is 8.44. The van der Waals surface area contributed by atoms with Crippen molar-refractivity contribution in [3.63, 3.8) is 0 Å². The topological polar surface area (TPSA) is 806 Å². The Morgan fingerprint density at radius 1 is 0.497 bits per heavy atom. The molecule has 4 bridgehead atoms. The van der Waals surface area contributed by atoms with E-state index in [2.05, 4.69) is 72.4 Å². The van der Waals surface area contributed by atoms with E-state index in [4.69, 9.17) is 164 Å². The third-order valence-corrected chi connectivity index (χ3v) is 33.0. The minimum absolute atomic E-state index is 0.0159. The van der Waals surface area contributed by atoms with Gasteiger partial charge in [0.05, 0.1) is 116 Å². The van der Waals surface area contributed by atoms with Gasteiger partial charge in [0.15, 0.2) is 47.2 Å². The number of fused-ring (bicyclic) bond motifs is 7. The van der Waals surface area contributed by atoms with Crippen LogP contribution in [-0.4, -0.2) is 309 Å². The van der Waals surface area contributed by atoms with Crippen molar-refractivity contribution in [1.82, 2.24) is 77.2 Å². The molecule has 17 heterocycles. The van der Waals surface area contributed by atoms with Gasteiger partial charge in [0, 0.05) is 69.5 Å². The Morgan fingerprint density at radius 2 is 0.944 bits per heavy atom. The number of nitrogens with one attached hydrogen (secondary N) is 6. The minimum atomic E-state index is -6.00. The lowest BCUT2D eigenvalue weighted by molar-refractivity contribution is -0.215. The van der Waals surface area contributed by atoms with Gasteiger partial charge in [-0.25, -0.2) is 43.0 Å². The number of hydrogen-bond donors (Lipinski definition) is 16. The van der Waals surface area contributed by atoms with Gasteiger partial charge >= 0.3 is 59.7 Å². The summed E-state index contributed by atoms with van der Waals surface area (Å²) in [5, 5.41) is 13.8. The number of aryl methyl sites for hydroxylation is 3. The quantitative estimate of drug-likeness (QED) is 0.0109. The molecule has 62 nitrogen and oxygen atoms in total. The molecule has 9 aliphatic rings. The van der Waals surface area contributed by atoms with Crippen molar-refractivity contribution < 1.29 is 154 Å². The van der Waals surface area contributed by atoms with Crippen molar-refractivity contribution in [2.24, 2.45) is 10.7 Å². The fourth-order valence-corrected chi connectivity index (χ4v) is 25.1. The standard InChI is InChI=1S/C71H97N21O41P6S4/c1-28-15-87(67(99)84-56(28)94)39-13-33(128-136(106,140)112-8)36(122-39)19-116-137(107,141)129-34-14-40(88-16-29(2)57(95)85-68(88)100)123-37(34)20-117-138(108,142)133-51-49-64(92-27-79-43-55(92)81-66(74)83-60(43)98)126-70(51,31(4)121-49)22-118-135(104,105)130-45-38(125-61(47(45)114-12-10-111-7)89-17-30(3)58(96)86-69(89)101)21-115-134(102,103)132-50-48-63(91-26-78-42-54(91)80-65(73)82-59(42)97)127-71(50,32(5)120-48)23-119-139(109,143)131-44-35(18-93)124-62(46(44)113-11-9-110-6)90-25-77-41-52(72)75-24-76-53(41)90/h15-17,24-27,31-40,44-52,61-64,93H,9-14,18-23,72H2,1-8H3,(H,75,76)(H,102,103)(H,104,105)(H,106,140)(H,107,141)(H,108,142)(H,109,143)(H,84,94,99)(H,85,95,100)(H,86,96,101)(H3,73,80,82,97)(H3,74,81,83,98)/t31-,32-,33+,34+,35+,36+,37+,38+,39+,40+,44-,45-,46?,47?,48?,49?,50+,51+,52?,61+,62+,63+,64+,70-,71-,136?,137?,138?,139?/m0/s1. The van der Waals surface area contributed by atoms with E-state index in [-0.39, 0.29) is 65.3 Å². The summed E-state index contributed by atoms with van der Waals surface area (Å²) in [5.74, 6) is -0.493. The molecule has 72 heteroatoms. The molecule has 8 saturated heterocycles. The van der Waals surface area contributed by atoms with E-state index in [0.717, 1.165) is 50.4 Å². The zero-order valence-corrected chi connectivity index (χ0v) is 84.4. The van der Waals surface area contributed by atoms with Crippen LogP contribution in [0.2, 0.25) is 0 Å². The first-order valence-corrected chi connectivity index (χ1v) is 56.5. The summed E-state index contributed by atoms with van der Waals surface area (Å²) in [6.07, 6.45) is -28.0. The van der Waals surface area contributed by atoms with Gasteiger partial charge in [-0.1, -0.05) is 12.2 Å². The Hall–Kier alpha value is -7.23. The molecule has 9 aliphatic heterocycles. The van der Waals surface area contributed by atoms with Crippen LogP contribution < -0.4 is 67.4 Å². The number of anilines is 3. The lowest BCUT2D eigenvalue weighted by Crippen LogP contribution is -2.50. The number of H-pyrrole nitrogens is 5. The predicted molar refractivity (Wildman–Crippen MR) is 496 cm³/mol. The Balaban J connectivity index is 0.648. The number of thiol groups is 1. The zero-order chi connectivity index (χ0) is 103. The molecule has 0 radical (unpaired) electrons. The molecule has 8 aromatic rings. The number of aliphatic hydroxyl groups is 1. The summed E-state index contributed by atoms with van der Waals surface area (Å²) >= 11 is 20.8. The average molecular weight is 2210 g/mol. The summed E-state index contributed by atoms with van der Waals surface area (Å²) in [4.78, 5) is 202. The summed E-state index contributed by atoms with van der Waals surface area (Å²) < 4.78 is 199. The Kier molecular flexibility index (Phi) is 31.4. The average Bonchev–Trinajstić information content (AvgIpc) is 1.54. The number of nitrogen functional groups attached to an aromatic ring is 2. The largest absolute Gasteiger partial charge is 0.472 e. The highest BCUT2D eigenvalue weighted by Gasteiger charge is 2.71. The van der Waals surface area contributed by atoms with Crippen LogP contribution in [0.15, 0.2) is 80.9 Å². The molecule has 0 amide bonds. The number of nitrogens with zero attached hydrogens (tertiary/aromatic N) is 12. The van der Waals surface area contributed by atoms with Crippen LogP contribution in [0.3, 0.4) is 0 Å². The molecule has 17 rings (SSSR count). The SMILES string of the molecule is COCCOC1[C@@H](OP(O)(=S)OC[C@]23O[C@@H](n4cnc5c(=O)[nH]c(N)nc54)C(O[C@H]2C)[C@H]3OP(=O)(O)OC[C@H]2O[C@@H](n3cc(C)c(=O)[nH]c3=O)C(OCCOC)[C@H]2OP(=O)(O)OC[C@]23O[C@@H](n4cnc5c(=O)[nH]c(N)nc54)C(O[C@H]2C)[C@H]3OP(=O)(S)OC[C@H]2O[C@@H](n3cc(C)c(=O)[nH]c3=O)C[C@H]2OP(O)(=S)OC[C@H]2O[C@@H](n3cc(C)c(=O)[nH]c3=O)C[C@H]2OP(O)(=S)OC)[C@@H](CO)O[C@H]1n1cnc2c1NC=NC2N. The maximum absolute atomic E-state index is 15.5. The Morgan fingerprint density at radius 3 is 1.46 bits per heavy atom. The van der Waals surface area contributed by atoms with Crippen molar-refractivity contribution in [3.8, 4) is 0 Å². The van der Waals surface area contributed by atoms with Crippen LogP contribution in [0, 0.1) is 20.8 Å². The fourth-order valence-electron chi connectivity index (χ4n) is 17.8. The maximum atomic E-state index is 15.5. The number of rotatable bonds is 43. The number of nitrogens with two attached hydrogens (primary N) is 3. The third-order valence-electron chi connectivity index (χ3n) is 24.7. The normalized spacial score (nSPS) is 32.9. The van der Waals surface area contributed by atoms with Crippen molar-refractivity contribution in [2.75, 3.05) is 104 Å². The number of phosphoric ester groups is 2. The molecule has 8 fully saturated rings. The zero-order valence-electron chi connectivity index (χ0n) is 75.7. The molecule has 31 atom stereocenters. The monoisotopic (exact) mass is 2210 g/mol. The second-order valence-electron chi connectivity index (χ2n) is 33.8. The van der Waals surface area contributed by atoms with Crippen LogP contribution in [0.5, 0.6) is 0 Å². The number of aromatic amines is 5. The maximum Gasteiger partial charge on any atom is 0.472 e. The van der Waals surface area contributed by atoms with Crippen molar-refractivity contribution in [3.05, 3.63) is 143 Å². The fraction of sp³-hybridized carbons (Fsp3) is 0.634. The summed E-state index contributed by atoms with van der Waals surface area (Å²) in [6, 6.07) is 0. The molecule has 8 aromatic heterocycles. The van der Waals surface area contributed by atoms with Gasteiger partial charge in [0.1, 0.15) is 115 Å². The van der Waals surface area contributed by atoms with Crippen LogP contribution in [-0.2, 0) is 160 Å². The van der Waals surface area contributed by atoms with Gasteiger partial charge < -0.3 is 132 Å². The molecule has 0 saturated carbocycles. The second-order valence-corrected chi connectivity index (χ2v) is 47.9. The van der Waals surface area contributed by atoms with Crippen molar-refractivity contribution >= 4 is 137 Å². The van der Waals surface area contributed by atoms with E-state index in [1.165, 1.54) is 76.8 Å². The summed E-state index contributed by atoms with van der Waals surface area (Å²) in [5.41, 5.74) is 5.86. The van der Waals surface area contributed by atoms with Crippen molar-refractivity contribution in [1.29, 1.82) is 0 Å². The van der Waals surface area contributed by atoms with Gasteiger partial charge in [0.2, 0.25) is 11.9 Å². The van der Waals surface area contributed by atoms with E-state index in [1.54, 1.807) is 0 Å². The first-order valence-electron chi connectivity index (χ1n) is 43.0. The molecular formula is C71H97N21O41P6S4. The summed E-state index contributed by atoms with van der Waals surface area (Å²) in [7, 11) is -8.12. The number of imidazole rings is 3. The highest BCUT2D eigenvalue weighted by atomic mass is 32.7. The minimum Gasteiger partial charge on any atom is -0.394 e. The molecule has 18 N–H and O–H groups in total. The number of aromatic nitrogens is 16. The van der Waals surface area contributed by atoms with E-state index < -0.39 is 304 Å². The smallest absolute Gasteiger partial charge is 0.394 e. The molecule has 786 valence electrons. The number of ether oxygens (including phenoxy) is 12. The Labute approximate surface area is 821 Å². The lowest BCUT2D eigenvalue weighted by atomic mass is 9.94. The predicted octanol–water partition coefficient (Wildman–Crippen LogP) is -2.23. The first-order chi connectivity index (χ1) is 67.6. The second kappa shape index (κ2) is 41.9. The van der Waals surface area contributed by atoms with Gasteiger partial charge in [-0.05, 0) is 70.0 Å². The number of aliphatic hydroxyl groups excluding tert-OH is 1. The van der Waals surface area contributed by atoms with Gasteiger partial charge in [0.25, 0.3) is 27.8 Å². The molecule has 0 spiro atoms. The van der Waals surface area contributed by atoms with Gasteiger partial charge in [-0.15, -0.1) is 0 Å². The molecule has 11 unspecified atom stereocenters. The number of hydrogen-bond acceptors (Lipinski definition) is 49. The van der Waals surface area contributed by atoms with Crippen LogP contribution in [0.25, 0.3) is 22.3 Å². The first kappa shape index (κ1) is 107. The number of methoxy groups -OCH3 is 2. The molecule has 143 heavy (non-hydrogen) atoms. The van der Waals surface area contributed by atoms with Gasteiger partial charge in [-0.3, -0.25) is 113 Å². The van der Waals surface area contributed by atoms with Crippen LogP contribution in [0.4, 0.5) is 17.7 Å². The van der Waals surface area contributed by atoms with E-state index in [9.17, 15) is 67.9 Å². The van der Waals surface area contributed by atoms with Gasteiger partial charge in [-0.2, -0.15) is 9.97 Å². The number of aliphatic imine (C=N–C) groups is 1. The van der Waals surface area contributed by atoms with Crippen LogP contribution in [0.1, 0.15) is 92.6 Å². The lowest BCUT2D eigenvalue weighted by Gasteiger charge is -2.37. The van der Waals surface area contributed by atoms with E-state index in [0.29, 0.717) is 11.5 Å². The highest BCUT2D eigenvalue weighted by Crippen LogP contribution is 2.65. The Bertz CT molecular complexity index is 7010. The van der Waals surface area contributed by atoms with Crippen molar-refractivity contribution in [2.45, 2.75) is 200 Å². The van der Waals surface area contributed by atoms with Crippen LogP contribution >= 0.6 is 54.8 Å². The number of phosphoric acid groups is 2. The van der Waals surface area contributed by atoms with E-state index in [1.807, 2.05) is 0 Å². The summed E-state index contributed by atoms with van der Waals surface area (Å²) in [6.45, 7) is -18.5. The molecule has 0 aliphatic carbocycles. The third kappa shape index (κ3) is 22.0. The molecular weight excluding hydrogens is 2120 g/mol. The van der Waals surface area contributed by atoms with E-state index >= 15 is 13.7 Å².